The summed E-state index contributed by atoms with van der Waals surface area (Å²) in [6, 6.07) is 4.10. The molecule has 0 bridgehead atoms. The lowest BCUT2D eigenvalue weighted by atomic mass is 10.1. The van der Waals surface area contributed by atoms with Crippen molar-refractivity contribution in [1.82, 2.24) is 5.32 Å². The van der Waals surface area contributed by atoms with Crippen LogP contribution in [0.2, 0.25) is 0 Å². The van der Waals surface area contributed by atoms with Gasteiger partial charge in [0.25, 0.3) is 5.69 Å². The predicted molar refractivity (Wildman–Crippen MR) is 69.6 cm³/mol. The summed E-state index contributed by atoms with van der Waals surface area (Å²) in [4.78, 5) is 21.3. The molecule has 1 heterocycles. The number of benzene rings is 1. The van der Waals surface area contributed by atoms with E-state index in [1.165, 1.54) is 12.1 Å². The van der Waals surface area contributed by atoms with E-state index in [0.29, 0.717) is 5.69 Å². The molecule has 0 aliphatic carbocycles. The average molecular weight is 265 g/mol. The van der Waals surface area contributed by atoms with Crippen molar-refractivity contribution in [3.63, 3.8) is 0 Å². The molecule has 102 valence electrons. The van der Waals surface area contributed by atoms with Gasteiger partial charge in [-0.15, -0.1) is 0 Å². The van der Waals surface area contributed by atoms with Gasteiger partial charge in [0.15, 0.2) is 0 Å². The highest BCUT2D eigenvalue weighted by molar-refractivity contribution is 5.89. The van der Waals surface area contributed by atoms with Gasteiger partial charge in [0.1, 0.15) is 5.69 Å². The van der Waals surface area contributed by atoms with E-state index in [1.54, 1.807) is 0 Å². The van der Waals surface area contributed by atoms with E-state index in [1.807, 2.05) is 0 Å². The first-order chi connectivity index (χ1) is 9.08. The fourth-order valence-electron chi connectivity index (χ4n) is 2.12. The molecule has 7 heteroatoms. The van der Waals surface area contributed by atoms with E-state index < -0.39 is 10.9 Å². The standard InChI is InChI=1S/C12H15N3O4/c16-12(17)8-1-2-10(11(7-8)15(18)19)14-9-3-5-13-6-4-9/h1-2,7,9,13-14H,3-6H2,(H,16,17). The van der Waals surface area contributed by atoms with Crippen molar-refractivity contribution in [2.75, 3.05) is 18.4 Å². The van der Waals surface area contributed by atoms with Crippen LogP contribution < -0.4 is 10.6 Å². The number of aromatic carboxylic acids is 1. The summed E-state index contributed by atoms with van der Waals surface area (Å²) in [5, 5.41) is 26.2. The van der Waals surface area contributed by atoms with E-state index in [0.717, 1.165) is 32.0 Å². The highest BCUT2D eigenvalue weighted by Crippen LogP contribution is 2.27. The number of piperidine rings is 1. The molecule has 1 fully saturated rings. The van der Waals surface area contributed by atoms with Gasteiger partial charge in [-0.1, -0.05) is 0 Å². The van der Waals surface area contributed by atoms with Gasteiger partial charge in [0.05, 0.1) is 10.5 Å². The molecule has 1 aromatic carbocycles. The molecule has 0 saturated carbocycles. The topological polar surface area (TPSA) is 104 Å². The Balaban J connectivity index is 2.23. The average Bonchev–Trinajstić information content (AvgIpc) is 2.39. The monoisotopic (exact) mass is 265 g/mol. The fourth-order valence-corrected chi connectivity index (χ4v) is 2.12. The molecule has 1 aromatic rings. The molecule has 0 amide bonds. The highest BCUT2D eigenvalue weighted by Gasteiger charge is 2.20. The Hall–Kier alpha value is -2.15. The fraction of sp³-hybridized carbons (Fsp3) is 0.417. The number of rotatable bonds is 4. The zero-order chi connectivity index (χ0) is 13.8. The minimum absolute atomic E-state index is 0.0810. The Morgan fingerprint density at radius 2 is 2.11 bits per heavy atom. The first-order valence-electron chi connectivity index (χ1n) is 6.07. The lowest BCUT2D eigenvalue weighted by molar-refractivity contribution is -0.384. The lowest BCUT2D eigenvalue weighted by Gasteiger charge is -2.24. The largest absolute Gasteiger partial charge is 0.478 e. The molecule has 0 unspecified atom stereocenters. The summed E-state index contributed by atoms with van der Waals surface area (Å²) in [7, 11) is 0. The lowest BCUT2D eigenvalue weighted by Crippen LogP contribution is -2.35. The second-order valence-electron chi connectivity index (χ2n) is 4.46. The van der Waals surface area contributed by atoms with Crippen LogP contribution in [-0.2, 0) is 0 Å². The molecule has 3 N–H and O–H groups in total. The summed E-state index contributed by atoms with van der Waals surface area (Å²) in [6.07, 6.45) is 1.77. The number of carboxylic acid groups (broad SMARTS) is 1. The van der Waals surface area contributed by atoms with Gasteiger partial charge < -0.3 is 15.7 Å². The zero-order valence-corrected chi connectivity index (χ0v) is 10.3. The van der Waals surface area contributed by atoms with Crippen molar-refractivity contribution in [2.24, 2.45) is 0 Å². The number of nitro groups is 1. The minimum Gasteiger partial charge on any atom is -0.478 e. The first-order valence-corrected chi connectivity index (χ1v) is 6.07. The van der Waals surface area contributed by atoms with Crippen LogP contribution in [0.5, 0.6) is 0 Å². The molecular formula is C12H15N3O4. The van der Waals surface area contributed by atoms with E-state index in [-0.39, 0.29) is 17.3 Å². The zero-order valence-electron chi connectivity index (χ0n) is 10.3. The Morgan fingerprint density at radius 3 is 2.68 bits per heavy atom. The molecule has 0 radical (unpaired) electrons. The van der Waals surface area contributed by atoms with Crippen molar-refractivity contribution in [3.8, 4) is 0 Å². The number of carboxylic acids is 1. The number of nitro benzene ring substituents is 1. The highest BCUT2D eigenvalue weighted by atomic mass is 16.6. The van der Waals surface area contributed by atoms with Crippen LogP contribution in [0.4, 0.5) is 11.4 Å². The smallest absolute Gasteiger partial charge is 0.335 e. The first kappa shape index (κ1) is 13.3. The summed E-state index contributed by atoms with van der Waals surface area (Å²) in [5.41, 5.74) is 0.0999. The molecule has 1 aliphatic rings. The maximum absolute atomic E-state index is 11.0. The van der Waals surface area contributed by atoms with Gasteiger partial charge in [-0.05, 0) is 38.1 Å². The van der Waals surface area contributed by atoms with Crippen molar-refractivity contribution in [1.29, 1.82) is 0 Å². The van der Waals surface area contributed by atoms with Crippen molar-refractivity contribution >= 4 is 17.3 Å². The maximum atomic E-state index is 11.0. The van der Waals surface area contributed by atoms with E-state index in [2.05, 4.69) is 10.6 Å². The van der Waals surface area contributed by atoms with Crippen LogP contribution in [0.25, 0.3) is 0 Å². The van der Waals surface area contributed by atoms with E-state index in [9.17, 15) is 14.9 Å². The molecule has 0 spiro atoms. The van der Waals surface area contributed by atoms with Crippen molar-refractivity contribution in [3.05, 3.63) is 33.9 Å². The second kappa shape index (κ2) is 5.66. The van der Waals surface area contributed by atoms with Crippen LogP contribution in [0, 0.1) is 10.1 Å². The molecule has 0 aromatic heterocycles. The third-order valence-electron chi connectivity index (χ3n) is 3.14. The Kier molecular flexibility index (Phi) is 3.96. The summed E-state index contributed by atoms with van der Waals surface area (Å²) in [6.45, 7) is 1.75. The van der Waals surface area contributed by atoms with Crippen LogP contribution in [-0.4, -0.2) is 35.1 Å². The maximum Gasteiger partial charge on any atom is 0.335 e. The summed E-state index contributed by atoms with van der Waals surface area (Å²) >= 11 is 0. The van der Waals surface area contributed by atoms with Gasteiger partial charge in [0, 0.05) is 12.1 Å². The number of hydrogen-bond donors (Lipinski definition) is 3. The van der Waals surface area contributed by atoms with Gasteiger partial charge in [-0.2, -0.15) is 0 Å². The van der Waals surface area contributed by atoms with Crippen LogP contribution >= 0.6 is 0 Å². The van der Waals surface area contributed by atoms with Crippen LogP contribution in [0.15, 0.2) is 18.2 Å². The Morgan fingerprint density at radius 1 is 1.42 bits per heavy atom. The van der Waals surface area contributed by atoms with Gasteiger partial charge in [0.2, 0.25) is 0 Å². The number of hydrogen-bond acceptors (Lipinski definition) is 5. The van der Waals surface area contributed by atoms with Gasteiger partial charge in [-0.3, -0.25) is 10.1 Å². The molecule has 7 nitrogen and oxygen atoms in total. The SMILES string of the molecule is O=C(O)c1ccc(NC2CCNCC2)c([N+](=O)[O-])c1. The Bertz CT molecular complexity index is 498. The molecule has 1 saturated heterocycles. The van der Waals surface area contributed by atoms with Crippen molar-refractivity contribution in [2.45, 2.75) is 18.9 Å². The van der Waals surface area contributed by atoms with Gasteiger partial charge >= 0.3 is 5.97 Å². The van der Waals surface area contributed by atoms with Gasteiger partial charge in [-0.25, -0.2) is 4.79 Å². The second-order valence-corrected chi connectivity index (χ2v) is 4.46. The molecular weight excluding hydrogens is 250 g/mol. The molecule has 1 aliphatic heterocycles. The minimum atomic E-state index is -1.17. The number of carbonyl (C=O) groups is 1. The number of anilines is 1. The summed E-state index contributed by atoms with van der Waals surface area (Å²) < 4.78 is 0. The number of nitrogens with one attached hydrogen (secondary N) is 2. The van der Waals surface area contributed by atoms with E-state index in [4.69, 9.17) is 5.11 Å². The predicted octanol–water partition coefficient (Wildman–Crippen LogP) is 1.46. The van der Waals surface area contributed by atoms with E-state index >= 15 is 0 Å². The van der Waals surface area contributed by atoms with Crippen LogP contribution in [0.3, 0.4) is 0 Å². The molecule has 19 heavy (non-hydrogen) atoms. The summed E-state index contributed by atoms with van der Waals surface area (Å²) in [5.74, 6) is -1.17. The molecule has 2 rings (SSSR count). The Labute approximate surface area is 109 Å². The quantitative estimate of drug-likeness (QED) is 0.562. The van der Waals surface area contributed by atoms with Crippen LogP contribution in [0.1, 0.15) is 23.2 Å². The number of nitrogens with zero attached hydrogens (tertiary/aromatic N) is 1. The third-order valence-corrected chi connectivity index (χ3v) is 3.14. The normalized spacial score (nSPS) is 16.0. The molecule has 0 atom stereocenters. The third kappa shape index (κ3) is 3.19. The van der Waals surface area contributed by atoms with Crippen molar-refractivity contribution < 1.29 is 14.8 Å².